The number of anilines is 5. The summed E-state index contributed by atoms with van der Waals surface area (Å²) in [6.45, 7) is 0. The summed E-state index contributed by atoms with van der Waals surface area (Å²) in [6.07, 6.45) is 1.48. The predicted molar refractivity (Wildman–Crippen MR) is 157 cm³/mol. The molecule has 3 N–H and O–H groups in total. The lowest BCUT2D eigenvalue weighted by Crippen LogP contribution is -2.07. The molecule has 208 valence electrons. The highest BCUT2D eigenvalue weighted by atomic mass is 16.6. The average molecular weight is 564 g/mol. The van der Waals surface area contributed by atoms with Crippen molar-refractivity contribution < 1.29 is 14.6 Å². The van der Waals surface area contributed by atoms with E-state index in [1.165, 1.54) is 12.3 Å². The van der Waals surface area contributed by atoms with Gasteiger partial charge in [-0.05, 0) is 48.0 Å². The molecule has 0 aliphatic carbocycles. The number of para-hydroxylation sites is 2. The molecule has 5 aromatic rings. The van der Waals surface area contributed by atoms with Gasteiger partial charge in [0.25, 0.3) is 5.69 Å². The van der Waals surface area contributed by atoms with Gasteiger partial charge in [0.05, 0.1) is 22.1 Å². The summed E-state index contributed by atoms with van der Waals surface area (Å²) in [6, 6.07) is 28.6. The van der Waals surface area contributed by atoms with Gasteiger partial charge in [-0.25, -0.2) is 5.43 Å². The molecule has 0 amide bonds. The molecule has 14 heteroatoms. The van der Waals surface area contributed by atoms with E-state index in [2.05, 4.69) is 36.1 Å². The molecule has 42 heavy (non-hydrogen) atoms. The maximum absolute atomic E-state index is 11.4. The van der Waals surface area contributed by atoms with E-state index in [0.717, 1.165) is 23.5 Å². The lowest BCUT2D eigenvalue weighted by molar-refractivity contribution is -0.394. The van der Waals surface area contributed by atoms with Crippen LogP contribution >= 0.6 is 0 Å². The normalized spacial score (nSPS) is 10.7. The van der Waals surface area contributed by atoms with Crippen LogP contribution in [-0.4, -0.2) is 31.0 Å². The first-order valence-corrected chi connectivity index (χ1v) is 12.3. The van der Waals surface area contributed by atoms with Crippen LogP contribution in [-0.2, 0) is 0 Å². The highest BCUT2D eigenvalue weighted by molar-refractivity contribution is 5.80. The Hall–Kier alpha value is -6.44. The van der Waals surface area contributed by atoms with Crippen LogP contribution in [0.25, 0.3) is 0 Å². The monoisotopic (exact) mass is 563 g/mol. The van der Waals surface area contributed by atoms with Gasteiger partial charge in [-0.15, -0.1) is 0 Å². The van der Waals surface area contributed by atoms with Crippen LogP contribution in [0.3, 0.4) is 0 Å². The molecule has 5 rings (SSSR count). The zero-order valence-electron chi connectivity index (χ0n) is 21.6. The summed E-state index contributed by atoms with van der Waals surface area (Å²) < 4.78 is 5.66. The highest BCUT2D eigenvalue weighted by Crippen LogP contribution is 2.34. The van der Waals surface area contributed by atoms with Crippen molar-refractivity contribution in [2.75, 3.05) is 16.1 Å². The summed E-state index contributed by atoms with van der Waals surface area (Å²) >= 11 is 0. The Labute approximate surface area is 238 Å². The summed E-state index contributed by atoms with van der Waals surface area (Å²) in [5, 5.41) is 32.9. The molecule has 0 aliphatic rings. The van der Waals surface area contributed by atoms with Crippen molar-refractivity contribution in [1.29, 1.82) is 0 Å². The van der Waals surface area contributed by atoms with Crippen molar-refractivity contribution in [2.24, 2.45) is 5.10 Å². The zero-order chi connectivity index (χ0) is 29.3. The summed E-state index contributed by atoms with van der Waals surface area (Å²) in [4.78, 5) is 34.2. The van der Waals surface area contributed by atoms with Crippen molar-refractivity contribution in [2.45, 2.75) is 0 Å². The molecule has 1 aromatic heterocycles. The zero-order valence-corrected chi connectivity index (χ0v) is 21.6. The van der Waals surface area contributed by atoms with E-state index in [1.807, 2.05) is 60.7 Å². The third kappa shape index (κ3) is 7.15. The van der Waals surface area contributed by atoms with Crippen molar-refractivity contribution in [3.63, 3.8) is 0 Å². The van der Waals surface area contributed by atoms with Gasteiger partial charge in [0.2, 0.25) is 23.6 Å². The Kier molecular flexibility index (Phi) is 8.15. The molecule has 0 saturated carbocycles. The van der Waals surface area contributed by atoms with Gasteiger partial charge >= 0.3 is 5.69 Å². The minimum Gasteiger partial charge on any atom is -0.450 e. The lowest BCUT2D eigenvalue weighted by Gasteiger charge is -2.10. The Bertz CT molecular complexity index is 1690. The van der Waals surface area contributed by atoms with Gasteiger partial charge in [-0.2, -0.15) is 20.1 Å². The molecular formula is C28H21N9O5. The molecule has 0 fully saturated rings. The van der Waals surface area contributed by atoms with E-state index in [1.54, 1.807) is 24.3 Å². The first-order chi connectivity index (χ1) is 20.4. The van der Waals surface area contributed by atoms with Crippen molar-refractivity contribution in [3.8, 4) is 11.5 Å². The van der Waals surface area contributed by atoms with Gasteiger partial charge in [0.15, 0.2) is 0 Å². The van der Waals surface area contributed by atoms with E-state index >= 15 is 0 Å². The fourth-order valence-corrected chi connectivity index (χ4v) is 3.64. The van der Waals surface area contributed by atoms with E-state index in [4.69, 9.17) is 4.74 Å². The van der Waals surface area contributed by atoms with Crippen LogP contribution in [0.15, 0.2) is 108 Å². The highest BCUT2D eigenvalue weighted by Gasteiger charge is 2.21. The minimum atomic E-state index is -0.742. The van der Waals surface area contributed by atoms with E-state index in [9.17, 15) is 20.2 Å². The third-order valence-corrected chi connectivity index (χ3v) is 5.51. The Morgan fingerprint density at radius 3 is 1.90 bits per heavy atom. The number of hydrazone groups is 1. The second-order valence-electron chi connectivity index (χ2n) is 8.50. The Morgan fingerprint density at radius 2 is 1.31 bits per heavy atom. The fourth-order valence-electron chi connectivity index (χ4n) is 3.64. The molecular weight excluding hydrogens is 542 g/mol. The van der Waals surface area contributed by atoms with Gasteiger partial charge in [0, 0.05) is 17.4 Å². The molecule has 4 aromatic carbocycles. The number of hydrogen-bond acceptors (Lipinski definition) is 12. The molecule has 0 bridgehead atoms. The maximum Gasteiger partial charge on any atom is 0.318 e. The van der Waals surface area contributed by atoms with E-state index < -0.39 is 21.2 Å². The van der Waals surface area contributed by atoms with Gasteiger partial charge in [0.1, 0.15) is 5.75 Å². The van der Waals surface area contributed by atoms with Crippen LogP contribution in [0.4, 0.5) is 40.6 Å². The molecule has 0 atom stereocenters. The molecule has 0 saturated heterocycles. The van der Waals surface area contributed by atoms with Crippen LogP contribution in [0.2, 0.25) is 0 Å². The van der Waals surface area contributed by atoms with Crippen molar-refractivity contribution >= 4 is 46.8 Å². The quantitative estimate of drug-likeness (QED) is 0.0916. The number of rotatable bonds is 11. The van der Waals surface area contributed by atoms with Crippen molar-refractivity contribution in [1.82, 2.24) is 15.0 Å². The number of ether oxygens (including phenoxy) is 1. The largest absolute Gasteiger partial charge is 0.450 e. The molecule has 0 unspecified atom stereocenters. The third-order valence-electron chi connectivity index (χ3n) is 5.51. The van der Waals surface area contributed by atoms with E-state index in [-0.39, 0.29) is 29.3 Å². The summed E-state index contributed by atoms with van der Waals surface area (Å²) in [5.74, 6) is 0.853. The first-order valence-electron chi connectivity index (χ1n) is 12.3. The standard InChI is InChI=1S/C28H21N9O5/c38-36(39)22-14-15-25(24(17-22)37(40)41)42-23-13-7-8-19(16-23)18-29-35-28-33-26(30-20-9-3-1-4-10-20)32-27(34-28)31-21-11-5-2-6-12-21/h1-18H,(H3,30,31,32,33,34,35)/b29-18-. The minimum absolute atomic E-state index is 0.139. The SMILES string of the molecule is O=[N+]([O-])c1ccc(Oc2cccc(/C=N\Nc3nc(Nc4ccccc4)nc(Nc4ccccc4)n3)c2)c([N+](=O)[O-])c1. The van der Waals surface area contributed by atoms with Crippen molar-refractivity contribution in [3.05, 3.63) is 129 Å². The number of non-ortho nitro benzene ring substituents is 1. The molecule has 14 nitrogen and oxygen atoms in total. The Morgan fingerprint density at radius 1 is 0.690 bits per heavy atom. The number of nitro groups is 2. The number of nitro benzene ring substituents is 2. The van der Waals surface area contributed by atoms with Gasteiger partial charge in [-0.3, -0.25) is 20.2 Å². The number of benzene rings is 4. The Balaban J connectivity index is 1.33. The average Bonchev–Trinajstić information content (AvgIpc) is 2.98. The van der Waals surface area contributed by atoms with Crippen LogP contribution < -0.4 is 20.8 Å². The number of nitrogens with zero attached hydrogens (tertiary/aromatic N) is 6. The van der Waals surface area contributed by atoms with Crippen LogP contribution in [0, 0.1) is 20.2 Å². The van der Waals surface area contributed by atoms with Crippen LogP contribution in [0.1, 0.15) is 5.56 Å². The molecule has 0 radical (unpaired) electrons. The van der Waals surface area contributed by atoms with E-state index in [0.29, 0.717) is 5.56 Å². The fraction of sp³-hybridized carbons (Fsp3) is 0. The molecule has 0 spiro atoms. The van der Waals surface area contributed by atoms with Gasteiger partial charge in [-0.1, -0.05) is 48.5 Å². The second kappa shape index (κ2) is 12.6. The summed E-state index contributed by atoms with van der Waals surface area (Å²) in [7, 11) is 0. The lowest BCUT2D eigenvalue weighted by atomic mass is 10.2. The maximum atomic E-state index is 11.4. The smallest absolute Gasteiger partial charge is 0.318 e. The predicted octanol–water partition coefficient (Wildman–Crippen LogP) is 6.41. The molecule has 0 aliphatic heterocycles. The first kappa shape index (κ1) is 27.1. The number of aromatic nitrogens is 3. The van der Waals surface area contributed by atoms with Crippen LogP contribution in [0.5, 0.6) is 11.5 Å². The molecule has 1 heterocycles. The number of hydrogen-bond donors (Lipinski definition) is 3. The summed E-state index contributed by atoms with van der Waals surface area (Å²) in [5.41, 5.74) is 4.01. The van der Waals surface area contributed by atoms with Gasteiger partial charge < -0.3 is 15.4 Å². The topological polar surface area (TPSA) is 183 Å². The second-order valence-corrected chi connectivity index (χ2v) is 8.50. The number of nitrogens with one attached hydrogen (secondary N) is 3.